The molecule has 3 heteroatoms. The molecular weight excluding hydrogens is 166 g/mol. The fraction of sp³-hybridized carbons (Fsp3) is 0.900. The maximum atomic E-state index is 11.6. The predicted octanol–water partition coefficient (Wildman–Crippen LogP) is 0.947. The van der Waals surface area contributed by atoms with Crippen LogP contribution in [0.2, 0.25) is 0 Å². The summed E-state index contributed by atoms with van der Waals surface area (Å²) in [6.45, 7) is 7.35. The van der Waals surface area contributed by atoms with E-state index in [1.807, 2.05) is 13.8 Å². The van der Waals surface area contributed by atoms with Crippen LogP contribution >= 0.6 is 0 Å². The first-order valence-electron chi connectivity index (χ1n) is 4.72. The maximum absolute atomic E-state index is 11.6. The molecule has 0 unspecified atom stereocenters. The van der Waals surface area contributed by atoms with Crippen LogP contribution < -0.4 is 5.73 Å². The molecule has 0 saturated carbocycles. The van der Waals surface area contributed by atoms with E-state index in [9.17, 15) is 4.79 Å². The van der Waals surface area contributed by atoms with E-state index < -0.39 is 11.5 Å². The molecule has 0 radical (unpaired) electrons. The third-order valence-electron chi connectivity index (χ3n) is 2.12. The third kappa shape index (κ3) is 3.87. The van der Waals surface area contributed by atoms with Crippen LogP contribution in [0.5, 0.6) is 0 Å². The van der Waals surface area contributed by atoms with Crippen molar-refractivity contribution in [2.45, 2.75) is 40.2 Å². The zero-order chi connectivity index (χ0) is 10.6. The Labute approximate surface area is 80.3 Å². The van der Waals surface area contributed by atoms with Gasteiger partial charge in [0.1, 0.15) is 0 Å². The van der Waals surface area contributed by atoms with Gasteiger partial charge in [0.15, 0.2) is 5.78 Å². The number of carbonyl (C=O) groups excluding carboxylic acids is 1. The average Bonchev–Trinajstić information content (AvgIpc) is 2.01. The number of ketones is 1. The number of carbonyl (C=O) groups is 1. The highest BCUT2D eigenvalue weighted by atomic mass is 16.3. The van der Waals surface area contributed by atoms with Gasteiger partial charge in [0.25, 0.3) is 0 Å². The Kier molecular flexibility index (Phi) is 4.57. The zero-order valence-corrected chi connectivity index (χ0v) is 9.00. The van der Waals surface area contributed by atoms with Gasteiger partial charge in [0, 0.05) is 5.41 Å². The highest BCUT2D eigenvalue weighted by Crippen LogP contribution is 2.19. The van der Waals surface area contributed by atoms with Crippen molar-refractivity contribution in [2.24, 2.45) is 17.1 Å². The van der Waals surface area contributed by atoms with Crippen molar-refractivity contribution >= 4 is 5.78 Å². The van der Waals surface area contributed by atoms with Crippen LogP contribution in [0.25, 0.3) is 0 Å². The molecule has 0 aromatic heterocycles. The second-order valence-corrected chi connectivity index (χ2v) is 4.64. The minimum atomic E-state index is -0.700. The highest BCUT2D eigenvalue weighted by molar-refractivity contribution is 5.88. The second-order valence-electron chi connectivity index (χ2n) is 4.64. The van der Waals surface area contributed by atoms with Crippen LogP contribution in [0.3, 0.4) is 0 Å². The Hall–Kier alpha value is -0.410. The van der Waals surface area contributed by atoms with Gasteiger partial charge in [0.05, 0.1) is 12.6 Å². The Bertz CT molecular complexity index is 176. The first-order valence-corrected chi connectivity index (χ1v) is 4.72. The molecule has 3 N–H and O–H groups in total. The van der Waals surface area contributed by atoms with E-state index in [1.54, 1.807) is 13.8 Å². The van der Waals surface area contributed by atoms with Crippen LogP contribution in [0, 0.1) is 11.3 Å². The van der Waals surface area contributed by atoms with E-state index in [-0.39, 0.29) is 12.4 Å². The van der Waals surface area contributed by atoms with E-state index in [0.29, 0.717) is 12.3 Å². The van der Waals surface area contributed by atoms with Gasteiger partial charge < -0.3 is 10.8 Å². The molecule has 0 aromatic carbocycles. The van der Waals surface area contributed by atoms with Crippen molar-refractivity contribution in [3.63, 3.8) is 0 Å². The van der Waals surface area contributed by atoms with E-state index in [1.165, 1.54) is 0 Å². The van der Waals surface area contributed by atoms with Gasteiger partial charge in [-0.15, -0.1) is 0 Å². The van der Waals surface area contributed by atoms with Crippen molar-refractivity contribution in [3.8, 4) is 0 Å². The molecule has 1 atom stereocenters. The molecule has 78 valence electrons. The van der Waals surface area contributed by atoms with Crippen molar-refractivity contribution in [3.05, 3.63) is 0 Å². The van der Waals surface area contributed by atoms with Gasteiger partial charge in [-0.1, -0.05) is 27.7 Å². The molecule has 0 aromatic rings. The third-order valence-corrected chi connectivity index (χ3v) is 2.12. The molecule has 0 bridgehead atoms. The first kappa shape index (κ1) is 12.6. The molecule has 13 heavy (non-hydrogen) atoms. The normalized spacial score (nSPS) is 14.7. The Morgan fingerprint density at radius 2 is 1.92 bits per heavy atom. The zero-order valence-electron chi connectivity index (χ0n) is 9.00. The van der Waals surface area contributed by atoms with Crippen molar-refractivity contribution in [1.82, 2.24) is 0 Å². The summed E-state index contributed by atoms with van der Waals surface area (Å²) in [7, 11) is 0. The summed E-state index contributed by atoms with van der Waals surface area (Å²) >= 11 is 0. The van der Waals surface area contributed by atoms with Crippen LogP contribution in [-0.4, -0.2) is 23.5 Å². The van der Waals surface area contributed by atoms with Crippen molar-refractivity contribution < 1.29 is 9.90 Å². The lowest BCUT2D eigenvalue weighted by Crippen LogP contribution is -2.42. The molecule has 3 nitrogen and oxygen atoms in total. The molecule has 0 saturated heterocycles. The van der Waals surface area contributed by atoms with Gasteiger partial charge in [-0.25, -0.2) is 0 Å². The molecule has 0 aliphatic heterocycles. The molecule has 0 aliphatic rings. The number of Topliss-reactive ketones (excluding diaryl/α,β-unsaturated/α-hetero) is 1. The largest absolute Gasteiger partial charge is 0.395 e. The smallest absolute Gasteiger partial charge is 0.157 e. The van der Waals surface area contributed by atoms with Gasteiger partial charge in [-0.05, 0) is 12.3 Å². The summed E-state index contributed by atoms with van der Waals surface area (Å²) in [5, 5.41) is 8.97. The summed E-state index contributed by atoms with van der Waals surface area (Å²) < 4.78 is 0. The number of aliphatic hydroxyl groups excluding tert-OH is 1. The van der Waals surface area contributed by atoms with Crippen molar-refractivity contribution in [1.29, 1.82) is 0 Å². The number of hydrogen-bond donors (Lipinski definition) is 2. The van der Waals surface area contributed by atoms with Crippen LogP contribution in [0.4, 0.5) is 0 Å². The Morgan fingerprint density at radius 1 is 1.46 bits per heavy atom. The summed E-state index contributed by atoms with van der Waals surface area (Å²) in [6, 6.07) is -0.442. The van der Waals surface area contributed by atoms with Gasteiger partial charge in [0.2, 0.25) is 0 Å². The lowest BCUT2D eigenvalue weighted by molar-refractivity contribution is -0.130. The van der Waals surface area contributed by atoms with E-state index in [2.05, 4.69) is 0 Å². The van der Waals surface area contributed by atoms with Crippen LogP contribution in [0.15, 0.2) is 0 Å². The lowest BCUT2D eigenvalue weighted by atomic mass is 9.83. The number of hydrogen-bond acceptors (Lipinski definition) is 3. The van der Waals surface area contributed by atoms with Crippen LogP contribution in [-0.2, 0) is 4.79 Å². The molecule has 0 amide bonds. The predicted molar refractivity (Wildman–Crippen MR) is 53.3 cm³/mol. The summed E-state index contributed by atoms with van der Waals surface area (Å²) in [5.74, 6) is 0.358. The lowest BCUT2D eigenvalue weighted by Gasteiger charge is -2.24. The van der Waals surface area contributed by atoms with Crippen LogP contribution in [0.1, 0.15) is 34.1 Å². The van der Waals surface area contributed by atoms with Gasteiger partial charge >= 0.3 is 0 Å². The van der Waals surface area contributed by atoms with E-state index in [0.717, 1.165) is 0 Å². The van der Waals surface area contributed by atoms with E-state index in [4.69, 9.17) is 10.8 Å². The Morgan fingerprint density at radius 3 is 2.23 bits per heavy atom. The quantitative estimate of drug-likeness (QED) is 0.673. The summed E-state index contributed by atoms with van der Waals surface area (Å²) in [4.78, 5) is 11.6. The summed E-state index contributed by atoms with van der Waals surface area (Å²) in [5.41, 5.74) is 5.02. The fourth-order valence-electron chi connectivity index (χ4n) is 1.19. The highest BCUT2D eigenvalue weighted by Gasteiger charge is 2.31. The number of aliphatic hydroxyl groups is 1. The second kappa shape index (κ2) is 4.72. The monoisotopic (exact) mass is 187 g/mol. The minimum absolute atomic E-state index is 0.0521. The topological polar surface area (TPSA) is 63.3 Å². The van der Waals surface area contributed by atoms with E-state index >= 15 is 0 Å². The maximum Gasteiger partial charge on any atom is 0.157 e. The Balaban J connectivity index is 4.25. The molecule has 0 spiro atoms. The first-order chi connectivity index (χ1) is 5.81. The standard InChI is InChI=1S/C10H21NO2/c1-7(2)5-8(11)9(13)10(3,4)6-12/h7-8,12H,5-6,11H2,1-4H3/t8-/m0/s1. The number of nitrogens with two attached hydrogens (primary N) is 1. The fourth-order valence-corrected chi connectivity index (χ4v) is 1.19. The summed E-state index contributed by atoms with van der Waals surface area (Å²) in [6.07, 6.45) is 0.683. The molecule has 0 rings (SSSR count). The van der Waals surface area contributed by atoms with Gasteiger partial charge in [-0.3, -0.25) is 4.79 Å². The molecule has 0 aliphatic carbocycles. The average molecular weight is 187 g/mol. The molecule has 0 heterocycles. The SMILES string of the molecule is CC(C)C[C@H](N)C(=O)C(C)(C)CO. The van der Waals surface area contributed by atoms with Crippen molar-refractivity contribution in [2.75, 3.05) is 6.61 Å². The number of rotatable bonds is 5. The molecule has 0 fully saturated rings. The van der Waals surface area contributed by atoms with Gasteiger partial charge in [-0.2, -0.15) is 0 Å². The minimum Gasteiger partial charge on any atom is -0.395 e. The molecular formula is C10H21NO2.